The Morgan fingerprint density at radius 1 is 0.473 bits per heavy atom. The van der Waals surface area contributed by atoms with Crippen LogP contribution in [0.5, 0.6) is 0 Å². The Labute approximate surface area is 322 Å². The number of hydrogen-bond donors (Lipinski definition) is 0. The average Bonchev–Trinajstić information content (AvgIpc) is 3.27. The van der Waals surface area contributed by atoms with Crippen LogP contribution in [-0.2, 0) is 0 Å². The molecule has 0 spiro atoms. The summed E-state index contributed by atoms with van der Waals surface area (Å²) < 4.78 is 0. The summed E-state index contributed by atoms with van der Waals surface area (Å²) in [5.74, 6) is 1.91. The molecule has 1 atom stereocenters. The van der Waals surface area contributed by atoms with Crippen LogP contribution in [0.1, 0.15) is 40.3 Å². The van der Waals surface area contributed by atoms with Crippen molar-refractivity contribution in [3.8, 4) is 45.3 Å². The van der Waals surface area contributed by atoms with Gasteiger partial charge in [0, 0.05) is 40.1 Å². The molecule has 0 amide bonds. The Bertz CT molecular complexity index is 2630. The summed E-state index contributed by atoms with van der Waals surface area (Å²) in [6.07, 6.45) is 5.00. The predicted molar refractivity (Wildman–Crippen MR) is 223 cm³/mol. The third-order valence-corrected chi connectivity index (χ3v) is 10.2. The number of nitrogens with zero attached hydrogens (tertiary/aromatic N) is 4. The molecular weight excluding hydrogens is 669 g/mol. The van der Waals surface area contributed by atoms with Gasteiger partial charge in [-0.1, -0.05) is 164 Å². The Hall–Kier alpha value is -7.22. The van der Waals surface area contributed by atoms with E-state index in [1.165, 1.54) is 33.4 Å². The van der Waals surface area contributed by atoms with E-state index in [4.69, 9.17) is 15.0 Å². The molecule has 6 aromatic carbocycles. The Balaban J connectivity index is 1.12. The van der Waals surface area contributed by atoms with Crippen LogP contribution in [-0.4, -0.2) is 19.9 Å². The van der Waals surface area contributed by atoms with E-state index in [2.05, 4.69) is 157 Å². The van der Waals surface area contributed by atoms with Crippen molar-refractivity contribution in [3.63, 3.8) is 0 Å². The van der Waals surface area contributed by atoms with Crippen molar-refractivity contribution in [1.29, 1.82) is 0 Å². The molecule has 0 bridgehead atoms. The first-order chi connectivity index (χ1) is 27.2. The van der Waals surface area contributed by atoms with E-state index < -0.39 is 0 Å². The van der Waals surface area contributed by atoms with Crippen molar-refractivity contribution in [2.45, 2.75) is 19.3 Å². The van der Waals surface area contributed by atoms with Gasteiger partial charge in [0.2, 0.25) is 0 Å². The van der Waals surface area contributed by atoms with Gasteiger partial charge >= 0.3 is 0 Å². The largest absolute Gasteiger partial charge is 0.261 e. The first-order valence-corrected chi connectivity index (χ1v) is 18.6. The van der Waals surface area contributed by atoms with Gasteiger partial charge in [-0.15, -0.1) is 0 Å². The van der Waals surface area contributed by atoms with Gasteiger partial charge < -0.3 is 0 Å². The highest BCUT2D eigenvalue weighted by Crippen LogP contribution is 2.48. The molecule has 2 aromatic heterocycles. The lowest BCUT2D eigenvalue weighted by molar-refractivity contribution is 0.890. The van der Waals surface area contributed by atoms with Crippen molar-refractivity contribution in [3.05, 3.63) is 222 Å². The molecule has 4 heteroatoms. The van der Waals surface area contributed by atoms with Crippen LogP contribution in [0, 0.1) is 19.1 Å². The maximum atomic E-state index is 5.00. The van der Waals surface area contributed by atoms with Crippen molar-refractivity contribution >= 4 is 16.7 Å². The highest BCUT2D eigenvalue weighted by atomic mass is 15.0. The van der Waals surface area contributed by atoms with E-state index in [0.29, 0.717) is 17.5 Å². The quantitative estimate of drug-likeness (QED) is 0.158. The second kappa shape index (κ2) is 15.0. The lowest BCUT2D eigenvalue weighted by Gasteiger charge is -2.30. The zero-order valence-corrected chi connectivity index (χ0v) is 30.4. The zero-order valence-electron chi connectivity index (χ0n) is 30.4. The molecule has 9 rings (SSSR count). The fourth-order valence-electron chi connectivity index (χ4n) is 7.44. The Kier molecular flexibility index (Phi) is 9.18. The molecule has 0 N–H and O–H groups in total. The molecule has 1 aliphatic carbocycles. The lowest BCUT2D eigenvalue weighted by Crippen LogP contribution is -2.10. The van der Waals surface area contributed by atoms with E-state index in [0.717, 1.165) is 45.5 Å². The maximum Gasteiger partial charge on any atom is 0.172 e. The average molecular weight is 705 g/mol. The summed E-state index contributed by atoms with van der Waals surface area (Å²) in [6, 6.07) is 65.9. The standard InChI is InChI=1S/C51H36N4/c1-35-45(23-14-32-52-35)39-26-30-43(31-27-39)51-54-49(41-21-12-5-13-22-41)53-50(55-51)42-28-24-36(25-29-42)44-33-46(37-15-6-2-7-16-37)48(40-19-10-4-11-20-40)47(34-44)38-17-8-3-9-18-38/h2-24,26-28,30-33,47H,34H2,1H3. The number of benzene rings is 5. The van der Waals surface area contributed by atoms with Crippen LogP contribution >= 0.6 is 0 Å². The summed E-state index contributed by atoms with van der Waals surface area (Å²) in [4.78, 5) is 19.4. The first kappa shape index (κ1) is 33.6. The summed E-state index contributed by atoms with van der Waals surface area (Å²) in [7, 11) is 0. The van der Waals surface area contributed by atoms with Gasteiger partial charge in [0.1, 0.15) is 0 Å². The molecule has 1 aliphatic rings. The summed E-state index contributed by atoms with van der Waals surface area (Å²) in [6.45, 7) is 2.03. The van der Waals surface area contributed by atoms with E-state index in [-0.39, 0.29) is 5.92 Å². The van der Waals surface area contributed by atoms with Gasteiger partial charge in [-0.25, -0.2) is 15.0 Å². The molecule has 0 radical (unpaired) electrons. The topological polar surface area (TPSA) is 51.6 Å². The highest BCUT2D eigenvalue weighted by Gasteiger charge is 2.28. The minimum Gasteiger partial charge on any atom is -0.261 e. The van der Waals surface area contributed by atoms with Crippen LogP contribution in [0.15, 0.2) is 182 Å². The third-order valence-electron chi connectivity index (χ3n) is 10.2. The van der Waals surface area contributed by atoms with Gasteiger partial charge in [-0.05, 0) is 76.6 Å². The molecule has 8 aromatic rings. The van der Waals surface area contributed by atoms with E-state index in [9.17, 15) is 0 Å². The van der Waals surface area contributed by atoms with Crippen LogP contribution in [0.3, 0.4) is 0 Å². The fourth-order valence-corrected chi connectivity index (χ4v) is 7.44. The predicted octanol–water partition coefficient (Wildman–Crippen LogP) is 12.0. The minimum absolute atomic E-state index is 0.153. The Morgan fingerprint density at radius 3 is 1.62 bits per heavy atom. The molecule has 2 heterocycles. The molecule has 0 aliphatic heterocycles. The summed E-state index contributed by atoms with van der Waals surface area (Å²) in [5.41, 5.74) is 14.2. The molecular formula is C51H36N4. The van der Waals surface area contributed by atoms with Crippen molar-refractivity contribution < 1.29 is 0 Å². The number of hydrogen-bond acceptors (Lipinski definition) is 4. The van der Waals surface area contributed by atoms with Gasteiger partial charge in [0.15, 0.2) is 17.5 Å². The van der Waals surface area contributed by atoms with Crippen molar-refractivity contribution in [2.75, 3.05) is 0 Å². The van der Waals surface area contributed by atoms with Crippen LogP contribution < -0.4 is 0 Å². The number of rotatable bonds is 8. The molecule has 0 saturated heterocycles. The van der Waals surface area contributed by atoms with Gasteiger partial charge in [0.05, 0.1) is 5.56 Å². The number of allylic oxidation sites excluding steroid dienone is 4. The lowest BCUT2D eigenvalue weighted by atomic mass is 9.73. The SMILES string of the molecule is Cc1ncccc1-c1ccc(-c2nc(-c3c#cc(C4=CC(c5ccccc5)=C(c5ccccc5)C(c5ccccc5)C4)cc3)nc(-c3ccccc3)n2)cc1. The Morgan fingerprint density at radius 2 is 1.00 bits per heavy atom. The molecule has 55 heavy (non-hydrogen) atoms. The smallest absolute Gasteiger partial charge is 0.172 e. The van der Waals surface area contributed by atoms with Gasteiger partial charge in [-0.2, -0.15) is 0 Å². The zero-order chi connectivity index (χ0) is 37.0. The second-order valence-electron chi connectivity index (χ2n) is 13.7. The normalized spacial score (nSPS) is 13.9. The minimum atomic E-state index is 0.153. The van der Waals surface area contributed by atoms with Crippen LogP contribution in [0.4, 0.5) is 0 Å². The van der Waals surface area contributed by atoms with Crippen LogP contribution in [0.25, 0.3) is 62.0 Å². The van der Waals surface area contributed by atoms with Crippen molar-refractivity contribution in [1.82, 2.24) is 19.9 Å². The summed E-state index contributed by atoms with van der Waals surface area (Å²) >= 11 is 0. The molecule has 260 valence electrons. The maximum absolute atomic E-state index is 5.00. The second-order valence-corrected chi connectivity index (χ2v) is 13.7. The molecule has 0 saturated carbocycles. The van der Waals surface area contributed by atoms with E-state index in [1.807, 2.05) is 49.5 Å². The number of pyridine rings is 1. The molecule has 0 fully saturated rings. The van der Waals surface area contributed by atoms with E-state index in [1.54, 1.807) is 0 Å². The van der Waals surface area contributed by atoms with Crippen molar-refractivity contribution in [2.24, 2.45) is 0 Å². The first-order valence-electron chi connectivity index (χ1n) is 18.6. The summed E-state index contributed by atoms with van der Waals surface area (Å²) in [5, 5.41) is 0. The van der Waals surface area contributed by atoms with Gasteiger partial charge in [0.25, 0.3) is 0 Å². The van der Waals surface area contributed by atoms with E-state index >= 15 is 0 Å². The number of aromatic nitrogens is 4. The van der Waals surface area contributed by atoms with Crippen LogP contribution in [0.2, 0.25) is 0 Å². The molecule has 4 nitrogen and oxygen atoms in total. The highest BCUT2D eigenvalue weighted by molar-refractivity contribution is 6.03. The monoisotopic (exact) mass is 704 g/mol. The molecule has 1 unspecified atom stereocenters. The third kappa shape index (κ3) is 7.00. The fraction of sp³-hybridized carbons (Fsp3) is 0.0588. The van der Waals surface area contributed by atoms with Gasteiger partial charge in [-0.3, -0.25) is 4.98 Å². The number of aryl methyl sites for hydroxylation is 1.